The summed E-state index contributed by atoms with van der Waals surface area (Å²) in [5.41, 5.74) is 0.476. The van der Waals surface area contributed by atoms with Crippen molar-refractivity contribution in [3.05, 3.63) is 33.3 Å². The summed E-state index contributed by atoms with van der Waals surface area (Å²) in [5, 5.41) is 3.23. The van der Waals surface area contributed by atoms with Crippen LogP contribution in [0.15, 0.2) is 22.7 Å². The number of esters is 1. The first-order valence-corrected chi connectivity index (χ1v) is 7.10. The molecule has 1 N–H and O–H groups in total. The maximum Gasteiger partial charge on any atom is 0.305 e. The van der Waals surface area contributed by atoms with Crippen LogP contribution in [0.1, 0.15) is 30.1 Å². The minimum Gasteiger partial charge on any atom is -0.466 e. The molecule has 4 nitrogen and oxygen atoms in total. The molecule has 0 aliphatic heterocycles. The van der Waals surface area contributed by atoms with Crippen molar-refractivity contribution in [1.82, 2.24) is 5.32 Å². The van der Waals surface area contributed by atoms with Crippen LogP contribution in [0.5, 0.6) is 0 Å². The highest BCUT2D eigenvalue weighted by molar-refractivity contribution is 9.10. The molecule has 1 aromatic rings. The fraction of sp³-hybridized carbons (Fsp3) is 0.385. The number of nitrogens with one attached hydrogen (secondary N) is 1. The highest BCUT2D eigenvalue weighted by Gasteiger charge is 2.10. The summed E-state index contributed by atoms with van der Waals surface area (Å²) in [7, 11) is 0. The van der Waals surface area contributed by atoms with Crippen LogP contribution in [-0.2, 0) is 9.53 Å². The molecule has 1 rings (SSSR count). The van der Waals surface area contributed by atoms with Gasteiger partial charge in [-0.05, 0) is 47.5 Å². The van der Waals surface area contributed by atoms with E-state index in [0.29, 0.717) is 41.1 Å². The Hall–Kier alpha value is -1.07. The van der Waals surface area contributed by atoms with E-state index in [-0.39, 0.29) is 11.9 Å². The Kier molecular flexibility index (Phi) is 6.87. The predicted octanol–water partition coefficient (Wildman–Crippen LogP) is 3.18. The molecule has 0 radical (unpaired) electrons. The lowest BCUT2D eigenvalue weighted by Gasteiger charge is -2.07. The maximum absolute atomic E-state index is 11.9. The average Bonchev–Trinajstić information content (AvgIpc) is 2.37. The molecule has 1 amide bonds. The van der Waals surface area contributed by atoms with Gasteiger partial charge >= 0.3 is 5.97 Å². The summed E-state index contributed by atoms with van der Waals surface area (Å²) in [6, 6.07) is 5.01. The fourth-order valence-corrected chi connectivity index (χ4v) is 2.03. The Morgan fingerprint density at radius 2 is 2.16 bits per heavy atom. The van der Waals surface area contributed by atoms with Gasteiger partial charge in [-0.3, -0.25) is 9.59 Å². The lowest BCUT2D eigenvalue weighted by atomic mass is 10.2. The third kappa shape index (κ3) is 5.61. The molecule has 0 fully saturated rings. The van der Waals surface area contributed by atoms with Crippen molar-refractivity contribution < 1.29 is 14.3 Å². The van der Waals surface area contributed by atoms with E-state index in [4.69, 9.17) is 16.3 Å². The molecule has 0 aliphatic rings. The van der Waals surface area contributed by atoms with Gasteiger partial charge in [-0.15, -0.1) is 0 Å². The molecule has 0 aliphatic carbocycles. The van der Waals surface area contributed by atoms with Crippen molar-refractivity contribution >= 4 is 39.4 Å². The van der Waals surface area contributed by atoms with Gasteiger partial charge in [-0.25, -0.2) is 0 Å². The van der Waals surface area contributed by atoms with E-state index in [2.05, 4.69) is 21.2 Å². The molecular formula is C13H15BrClNO3. The second-order valence-electron chi connectivity index (χ2n) is 3.79. The van der Waals surface area contributed by atoms with Crippen molar-refractivity contribution in [3.63, 3.8) is 0 Å². The number of rotatable bonds is 6. The largest absolute Gasteiger partial charge is 0.466 e. The number of ether oxygens (including phenoxy) is 1. The Labute approximate surface area is 125 Å². The van der Waals surface area contributed by atoms with Gasteiger partial charge in [0.05, 0.1) is 12.2 Å². The van der Waals surface area contributed by atoms with Crippen molar-refractivity contribution in [2.75, 3.05) is 13.2 Å². The third-order valence-electron chi connectivity index (χ3n) is 2.32. The molecule has 19 heavy (non-hydrogen) atoms. The van der Waals surface area contributed by atoms with Gasteiger partial charge in [0.1, 0.15) is 0 Å². The predicted molar refractivity (Wildman–Crippen MR) is 77.4 cm³/mol. The second kappa shape index (κ2) is 8.17. The topological polar surface area (TPSA) is 55.4 Å². The molecule has 104 valence electrons. The van der Waals surface area contributed by atoms with E-state index in [1.165, 1.54) is 0 Å². The smallest absolute Gasteiger partial charge is 0.305 e. The standard InChI is InChI=1S/C13H15BrClNO3/c1-2-19-12(17)4-3-7-16-13(18)10-8-9(15)5-6-11(10)14/h5-6,8H,2-4,7H2,1H3,(H,16,18). The Bertz CT molecular complexity index is 465. The molecule has 0 heterocycles. The quantitative estimate of drug-likeness (QED) is 0.634. The molecule has 0 aromatic heterocycles. The highest BCUT2D eigenvalue weighted by Crippen LogP contribution is 2.20. The number of amides is 1. The molecule has 0 saturated heterocycles. The van der Waals surface area contributed by atoms with Crippen molar-refractivity contribution in [3.8, 4) is 0 Å². The van der Waals surface area contributed by atoms with Gasteiger partial charge in [0.25, 0.3) is 5.91 Å². The van der Waals surface area contributed by atoms with Crippen LogP contribution in [0.3, 0.4) is 0 Å². The molecular weight excluding hydrogens is 334 g/mol. The van der Waals surface area contributed by atoms with Crippen LogP contribution >= 0.6 is 27.5 Å². The van der Waals surface area contributed by atoms with E-state index in [1.807, 2.05) is 0 Å². The number of benzene rings is 1. The number of hydrogen-bond donors (Lipinski definition) is 1. The number of carbonyl (C=O) groups is 2. The molecule has 0 bridgehead atoms. The summed E-state index contributed by atoms with van der Waals surface area (Å²) in [6.07, 6.45) is 0.841. The summed E-state index contributed by atoms with van der Waals surface area (Å²) in [5.74, 6) is -0.473. The Morgan fingerprint density at radius 1 is 1.42 bits per heavy atom. The van der Waals surface area contributed by atoms with Crippen LogP contribution in [-0.4, -0.2) is 25.0 Å². The van der Waals surface area contributed by atoms with Crippen LogP contribution < -0.4 is 5.32 Å². The van der Waals surface area contributed by atoms with Crippen LogP contribution in [0.25, 0.3) is 0 Å². The van der Waals surface area contributed by atoms with E-state index < -0.39 is 0 Å². The summed E-state index contributed by atoms with van der Waals surface area (Å²) in [4.78, 5) is 23.0. The zero-order valence-electron chi connectivity index (χ0n) is 10.5. The van der Waals surface area contributed by atoms with Crippen molar-refractivity contribution in [2.24, 2.45) is 0 Å². The van der Waals surface area contributed by atoms with Crippen molar-refractivity contribution in [2.45, 2.75) is 19.8 Å². The number of halogens is 2. The second-order valence-corrected chi connectivity index (χ2v) is 5.08. The van der Waals surface area contributed by atoms with Crippen LogP contribution in [0.2, 0.25) is 5.02 Å². The van der Waals surface area contributed by atoms with E-state index in [1.54, 1.807) is 25.1 Å². The normalized spacial score (nSPS) is 10.1. The molecule has 0 unspecified atom stereocenters. The van der Waals surface area contributed by atoms with Gasteiger partial charge in [0.15, 0.2) is 0 Å². The summed E-state index contributed by atoms with van der Waals surface area (Å²) in [6.45, 7) is 2.55. The first kappa shape index (κ1) is 16.0. The van der Waals surface area contributed by atoms with Gasteiger partial charge in [-0.1, -0.05) is 11.6 Å². The highest BCUT2D eigenvalue weighted by atomic mass is 79.9. The Balaban J connectivity index is 2.39. The number of carbonyl (C=O) groups excluding carboxylic acids is 2. The Morgan fingerprint density at radius 3 is 2.84 bits per heavy atom. The monoisotopic (exact) mass is 347 g/mol. The summed E-state index contributed by atoms with van der Waals surface area (Å²) >= 11 is 9.13. The molecule has 0 atom stereocenters. The lowest BCUT2D eigenvalue weighted by molar-refractivity contribution is -0.143. The van der Waals surface area contributed by atoms with Gasteiger partial charge in [0, 0.05) is 22.5 Å². The third-order valence-corrected chi connectivity index (χ3v) is 3.25. The minimum absolute atomic E-state index is 0.224. The zero-order chi connectivity index (χ0) is 14.3. The first-order valence-electron chi connectivity index (χ1n) is 5.93. The molecule has 0 saturated carbocycles. The van der Waals surface area contributed by atoms with Crippen molar-refractivity contribution in [1.29, 1.82) is 0 Å². The molecule has 0 spiro atoms. The fourth-order valence-electron chi connectivity index (χ4n) is 1.43. The minimum atomic E-state index is -0.249. The van der Waals surface area contributed by atoms with E-state index in [9.17, 15) is 9.59 Å². The zero-order valence-corrected chi connectivity index (χ0v) is 12.9. The summed E-state index contributed by atoms with van der Waals surface area (Å²) < 4.78 is 5.47. The van der Waals surface area contributed by atoms with E-state index >= 15 is 0 Å². The number of hydrogen-bond acceptors (Lipinski definition) is 3. The van der Waals surface area contributed by atoms with E-state index in [0.717, 1.165) is 0 Å². The lowest BCUT2D eigenvalue weighted by Crippen LogP contribution is -2.25. The molecule has 6 heteroatoms. The molecule has 1 aromatic carbocycles. The first-order chi connectivity index (χ1) is 9.04. The maximum atomic E-state index is 11.9. The average molecular weight is 349 g/mol. The van der Waals surface area contributed by atoms with Gasteiger partial charge < -0.3 is 10.1 Å². The van der Waals surface area contributed by atoms with Gasteiger partial charge in [0.2, 0.25) is 0 Å². The van der Waals surface area contributed by atoms with Crippen LogP contribution in [0, 0.1) is 0 Å². The van der Waals surface area contributed by atoms with Gasteiger partial charge in [-0.2, -0.15) is 0 Å². The van der Waals surface area contributed by atoms with Crippen LogP contribution in [0.4, 0.5) is 0 Å². The SMILES string of the molecule is CCOC(=O)CCCNC(=O)c1cc(Cl)ccc1Br.